The molecule has 0 atom stereocenters. The quantitative estimate of drug-likeness (QED) is 0.404. The summed E-state index contributed by atoms with van der Waals surface area (Å²) in [6, 6.07) is 0. The molecule has 0 fully saturated rings. The molecule has 6 heteroatoms. The molecule has 0 saturated carbocycles. The zero-order chi connectivity index (χ0) is 13.9. The summed E-state index contributed by atoms with van der Waals surface area (Å²) in [5.41, 5.74) is 0. The van der Waals surface area contributed by atoms with Gasteiger partial charge in [0.1, 0.15) is 6.10 Å². The Labute approximate surface area is 111 Å². The second-order valence-corrected chi connectivity index (χ2v) is 5.88. The molecule has 0 heterocycles. The average molecular weight is 282 g/mol. The van der Waals surface area contributed by atoms with E-state index in [1.807, 2.05) is 0 Å². The Morgan fingerprint density at radius 1 is 0.944 bits per heavy atom. The van der Waals surface area contributed by atoms with Crippen molar-refractivity contribution in [2.24, 2.45) is 0 Å². The predicted molar refractivity (Wildman–Crippen MR) is 71.2 cm³/mol. The van der Waals surface area contributed by atoms with E-state index >= 15 is 0 Å². The smallest absolute Gasteiger partial charge is 0.264 e. The highest BCUT2D eigenvalue weighted by Crippen LogP contribution is 2.02. The van der Waals surface area contributed by atoms with E-state index < -0.39 is 16.2 Å². The second kappa shape index (κ2) is 10.7. The van der Waals surface area contributed by atoms with E-state index in [-0.39, 0.29) is 13.2 Å². The van der Waals surface area contributed by atoms with Crippen molar-refractivity contribution in [1.29, 1.82) is 0 Å². The highest BCUT2D eigenvalue weighted by Gasteiger charge is 2.16. The van der Waals surface area contributed by atoms with Gasteiger partial charge in [0.2, 0.25) is 0 Å². The fraction of sp³-hybridized carbons (Fsp3) is 1.00. The standard InChI is InChI=1S/C12H26O5S/c1-4-6-8-15-10-12(17-18(3,13)14)11-16-9-7-5-2/h12H,4-11H2,1-3H3. The van der Waals surface area contributed by atoms with E-state index in [1.165, 1.54) is 0 Å². The van der Waals surface area contributed by atoms with Gasteiger partial charge in [0.05, 0.1) is 19.5 Å². The summed E-state index contributed by atoms with van der Waals surface area (Å²) in [4.78, 5) is 0. The average Bonchev–Trinajstić information content (AvgIpc) is 2.28. The van der Waals surface area contributed by atoms with Gasteiger partial charge in [-0.1, -0.05) is 26.7 Å². The summed E-state index contributed by atoms with van der Waals surface area (Å²) in [5, 5.41) is 0. The first-order valence-corrected chi connectivity index (χ1v) is 8.35. The minimum atomic E-state index is -3.47. The van der Waals surface area contributed by atoms with Crippen molar-refractivity contribution < 1.29 is 22.1 Å². The number of rotatable bonds is 12. The molecule has 5 nitrogen and oxygen atoms in total. The minimum absolute atomic E-state index is 0.249. The molecule has 0 bridgehead atoms. The lowest BCUT2D eigenvalue weighted by Gasteiger charge is -2.16. The molecular weight excluding hydrogens is 256 g/mol. The van der Waals surface area contributed by atoms with Gasteiger partial charge in [-0.25, -0.2) is 0 Å². The molecule has 0 unspecified atom stereocenters. The van der Waals surface area contributed by atoms with E-state index in [9.17, 15) is 8.42 Å². The second-order valence-electron chi connectivity index (χ2n) is 4.28. The van der Waals surface area contributed by atoms with Crippen LogP contribution in [0, 0.1) is 0 Å². The first-order valence-electron chi connectivity index (χ1n) is 6.53. The van der Waals surface area contributed by atoms with Crippen molar-refractivity contribution in [1.82, 2.24) is 0 Å². The van der Waals surface area contributed by atoms with E-state index in [0.717, 1.165) is 31.9 Å². The van der Waals surface area contributed by atoms with Crippen LogP contribution in [0.5, 0.6) is 0 Å². The maximum Gasteiger partial charge on any atom is 0.264 e. The monoisotopic (exact) mass is 282 g/mol. The van der Waals surface area contributed by atoms with Crippen LogP contribution in [-0.2, 0) is 23.8 Å². The van der Waals surface area contributed by atoms with Crippen LogP contribution >= 0.6 is 0 Å². The Morgan fingerprint density at radius 2 is 1.39 bits per heavy atom. The van der Waals surface area contributed by atoms with E-state index in [0.29, 0.717) is 13.2 Å². The number of hydrogen-bond donors (Lipinski definition) is 0. The summed E-state index contributed by atoms with van der Waals surface area (Å²) in [5.74, 6) is 0. The molecule has 0 radical (unpaired) electrons. The molecule has 0 N–H and O–H groups in total. The first kappa shape index (κ1) is 17.8. The molecule has 0 spiro atoms. The number of hydrogen-bond acceptors (Lipinski definition) is 5. The molecule has 0 aliphatic carbocycles. The third-order valence-electron chi connectivity index (χ3n) is 2.20. The molecule has 110 valence electrons. The summed E-state index contributed by atoms with van der Waals surface area (Å²) in [6.07, 6.45) is 4.51. The van der Waals surface area contributed by atoms with Gasteiger partial charge in [0.15, 0.2) is 0 Å². The fourth-order valence-electron chi connectivity index (χ4n) is 1.27. The van der Waals surface area contributed by atoms with Crippen LogP contribution in [0.25, 0.3) is 0 Å². The van der Waals surface area contributed by atoms with Crippen molar-refractivity contribution in [3.05, 3.63) is 0 Å². The van der Waals surface area contributed by atoms with Crippen LogP contribution in [0.3, 0.4) is 0 Å². The molecule has 0 aromatic carbocycles. The summed E-state index contributed by atoms with van der Waals surface area (Å²) >= 11 is 0. The predicted octanol–water partition coefficient (Wildman–Crippen LogP) is 1.96. The first-order chi connectivity index (χ1) is 8.49. The third kappa shape index (κ3) is 12.3. The molecule has 18 heavy (non-hydrogen) atoms. The van der Waals surface area contributed by atoms with Gasteiger partial charge < -0.3 is 9.47 Å². The molecular formula is C12H26O5S. The van der Waals surface area contributed by atoms with Gasteiger partial charge >= 0.3 is 0 Å². The van der Waals surface area contributed by atoms with Crippen LogP contribution in [0.1, 0.15) is 39.5 Å². The largest absolute Gasteiger partial charge is 0.379 e. The van der Waals surface area contributed by atoms with E-state index in [4.69, 9.17) is 13.7 Å². The number of unbranched alkanes of at least 4 members (excludes halogenated alkanes) is 2. The SMILES string of the molecule is CCCCOCC(COCCCC)OS(C)(=O)=O. The lowest BCUT2D eigenvalue weighted by atomic mass is 10.3. The molecule has 0 saturated heterocycles. The Balaban J connectivity index is 3.92. The highest BCUT2D eigenvalue weighted by atomic mass is 32.2. The van der Waals surface area contributed by atoms with E-state index in [1.54, 1.807) is 0 Å². The fourth-order valence-corrected chi connectivity index (χ4v) is 1.88. The Bertz CT molecular complexity index is 264. The molecule has 0 aliphatic heterocycles. The van der Waals surface area contributed by atoms with Gasteiger partial charge in [0, 0.05) is 13.2 Å². The molecule has 0 amide bonds. The van der Waals surface area contributed by atoms with Crippen LogP contribution in [0.4, 0.5) is 0 Å². The molecule has 0 aromatic heterocycles. The van der Waals surface area contributed by atoms with Crippen LogP contribution in [-0.4, -0.2) is 47.2 Å². The van der Waals surface area contributed by atoms with Gasteiger partial charge in [-0.3, -0.25) is 4.18 Å². The third-order valence-corrected chi connectivity index (χ3v) is 2.82. The van der Waals surface area contributed by atoms with Crippen molar-refractivity contribution in [3.8, 4) is 0 Å². The molecule has 0 rings (SSSR count). The molecule has 0 aromatic rings. The summed E-state index contributed by atoms with van der Waals surface area (Å²) in [6.45, 7) is 5.88. The lowest BCUT2D eigenvalue weighted by Crippen LogP contribution is -2.28. The minimum Gasteiger partial charge on any atom is -0.379 e. The lowest BCUT2D eigenvalue weighted by molar-refractivity contribution is -0.00423. The normalized spacial score (nSPS) is 12.2. The van der Waals surface area contributed by atoms with Crippen LogP contribution < -0.4 is 0 Å². The van der Waals surface area contributed by atoms with Gasteiger partial charge in [-0.15, -0.1) is 0 Å². The highest BCUT2D eigenvalue weighted by molar-refractivity contribution is 7.86. The number of ether oxygens (including phenoxy) is 2. The maximum atomic E-state index is 11.1. The topological polar surface area (TPSA) is 61.8 Å². The van der Waals surface area contributed by atoms with Crippen molar-refractivity contribution in [3.63, 3.8) is 0 Å². The Kier molecular flexibility index (Phi) is 10.6. The zero-order valence-electron chi connectivity index (χ0n) is 11.7. The molecule has 0 aliphatic rings. The Hall–Kier alpha value is -0.170. The zero-order valence-corrected chi connectivity index (χ0v) is 12.5. The van der Waals surface area contributed by atoms with E-state index in [2.05, 4.69) is 13.8 Å². The van der Waals surface area contributed by atoms with Crippen LogP contribution in [0.15, 0.2) is 0 Å². The van der Waals surface area contributed by atoms with Gasteiger partial charge in [0.25, 0.3) is 10.1 Å². The van der Waals surface area contributed by atoms with Gasteiger partial charge in [-0.05, 0) is 12.8 Å². The van der Waals surface area contributed by atoms with Crippen LogP contribution in [0.2, 0.25) is 0 Å². The van der Waals surface area contributed by atoms with Crippen molar-refractivity contribution in [2.75, 3.05) is 32.7 Å². The van der Waals surface area contributed by atoms with Crippen molar-refractivity contribution >= 4 is 10.1 Å². The summed E-state index contributed by atoms with van der Waals surface area (Å²) in [7, 11) is -3.47. The summed E-state index contributed by atoms with van der Waals surface area (Å²) < 4.78 is 37.8. The maximum absolute atomic E-state index is 11.1. The van der Waals surface area contributed by atoms with Gasteiger partial charge in [-0.2, -0.15) is 8.42 Å². The Morgan fingerprint density at radius 3 is 1.72 bits per heavy atom. The van der Waals surface area contributed by atoms with Crippen molar-refractivity contribution in [2.45, 2.75) is 45.6 Å².